The summed E-state index contributed by atoms with van der Waals surface area (Å²) in [5.74, 6) is 0. The van der Waals surface area contributed by atoms with Gasteiger partial charge in [0.2, 0.25) is 0 Å². The van der Waals surface area contributed by atoms with Crippen molar-refractivity contribution in [2.24, 2.45) is 0 Å². The zero-order chi connectivity index (χ0) is 6.24. The van der Waals surface area contributed by atoms with Gasteiger partial charge in [-0.2, -0.15) is 6.08 Å². The van der Waals surface area contributed by atoms with Gasteiger partial charge in [-0.3, -0.25) is 6.08 Å². The molecular formula is C7H10MgO. The van der Waals surface area contributed by atoms with Gasteiger partial charge in [-0.1, -0.05) is 6.92 Å². The Kier molecular flexibility index (Phi) is 14.7. The second kappa shape index (κ2) is 11.1. The van der Waals surface area contributed by atoms with Crippen molar-refractivity contribution in [2.45, 2.75) is 13.3 Å². The molecule has 0 aromatic rings. The van der Waals surface area contributed by atoms with Crippen molar-refractivity contribution in [3.8, 4) is 0 Å². The summed E-state index contributed by atoms with van der Waals surface area (Å²) in [5, 5.41) is 8.93. The summed E-state index contributed by atoms with van der Waals surface area (Å²) in [6.07, 6.45) is 10.0. The molecule has 0 aliphatic heterocycles. The summed E-state index contributed by atoms with van der Waals surface area (Å²) < 4.78 is 0. The first-order valence-corrected chi connectivity index (χ1v) is 2.71. The minimum atomic E-state index is 0. The molecule has 0 radical (unpaired) electrons. The van der Waals surface area contributed by atoms with Crippen molar-refractivity contribution < 1.29 is 5.11 Å². The Morgan fingerprint density at radius 1 is 1.67 bits per heavy atom. The third kappa shape index (κ3) is 11.7. The summed E-state index contributed by atoms with van der Waals surface area (Å²) in [6.45, 7) is 1.57. The van der Waals surface area contributed by atoms with Crippen LogP contribution in [0.5, 0.6) is 0 Å². The van der Waals surface area contributed by atoms with E-state index in [0.717, 1.165) is 6.42 Å². The Labute approximate surface area is 72.6 Å². The van der Waals surface area contributed by atoms with Gasteiger partial charge in [0.1, 0.15) is 0 Å². The smallest absolute Gasteiger partial charge is 0.855 e. The van der Waals surface area contributed by atoms with Crippen LogP contribution < -0.4 is 5.11 Å². The van der Waals surface area contributed by atoms with Crippen molar-refractivity contribution in [2.75, 3.05) is 6.61 Å². The predicted octanol–water partition coefficient (Wildman–Crippen LogP) is 0.291. The van der Waals surface area contributed by atoms with Gasteiger partial charge in [0.25, 0.3) is 0 Å². The maximum absolute atomic E-state index is 8.93. The van der Waals surface area contributed by atoms with Crippen LogP contribution in [0.25, 0.3) is 0 Å². The first-order valence-electron chi connectivity index (χ1n) is 2.71. The largest absolute Gasteiger partial charge is 2.00 e. The molecule has 0 heterocycles. The Balaban J connectivity index is 0. The second-order valence-corrected chi connectivity index (χ2v) is 1.29. The second-order valence-electron chi connectivity index (χ2n) is 1.29. The molecule has 9 heavy (non-hydrogen) atoms. The van der Waals surface area contributed by atoms with E-state index < -0.39 is 0 Å². The zero-order valence-electron chi connectivity index (χ0n) is 5.76. The fourth-order valence-corrected chi connectivity index (χ4v) is 0.340. The van der Waals surface area contributed by atoms with Gasteiger partial charge in [0.15, 0.2) is 0 Å². The Morgan fingerprint density at radius 3 is 2.33 bits per heavy atom. The van der Waals surface area contributed by atoms with Gasteiger partial charge in [-0.25, -0.2) is 12.2 Å². The van der Waals surface area contributed by atoms with Crippen molar-refractivity contribution in [3.63, 3.8) is 0 Å². The van der Waals surface area contributed by atoms with Crippen molar-refractivity contribution in [1.82, 2.24) is 0 Å². The number of rotatable bonds is 0. The number of allylic oxidation sites excluding steroid dienone is 4. The third-order valence-electron chi connectivity index (χ3n) is 0.586. The van der Waals surface area contributed by atoms with E-state index in [9.17, 15) is 0 Å². The molecule has 46 valence electrons. The van der Waals surface area contributed by atoms with Crippen LogP contribution >= 0.6 is 0 Å². The number of hydrogen-bond donors (Lipinski definition) is 0. The van der Waals surface area contributed by atoms with Crippen molar-refractivity contribution in [1.29, 1.82) is 0 Å². The summed E-state index contributed by atoms with van der Waals surface area (Å²) >= 11 is 0. The fraction of sp³-hybridized carbons (Fsp3) is 0.429. The molecule has 0 amide bonds. The van der Waals surface area contributed by atoms with Gasteiger partial charge in [-0.05, 0) is 0 Å². The Morgan fingerprint density at radius 2 is 2.22 bits per heavy atom. The molecule has 0 fully saturated rings. The van der Waals surface area contributed by atoms with Crippen molar-refractivity contribution in [3.05, 3.63) is 24.3 Å². The average Bonchev–Trinajstić information content (AvgIpc) is 2.17. The molecule has 1 nitrogen and oxygen atoms in total. The maximum atomic E-state index is 8.93. The van der Waals surface area contributed by atoms with Gasteiger partial charge < -0.3 is 5.11 Å². The molecule has 0 atom stereocenters. The van der Waals surface area contributed by atoms with E-state index in [1.807, 2.05) is 12.2 Å². The molecule has 0 bridgehead atoms. The van der Waals surface area contributed by atoms with Crippen LogP contribution in [0.2, 0.25) is 0 Å². The van der Waals surface area contributed by atoms with Crippen LogP contribution in [0, 0.1) is 6.08 Å². The Bertz CT molecular complexity index is 76.9. The fourth-order valence-electron chi connectivity index (χ4n) is 0.340. The molecule has 0 saturated carbocycles. The minimum absolute atomic E-state index is 0. The molecule has 1 rings (SSSR count). The zero-order valence-corrected chi connectivity index (χ0v) is 7.18. The maximum Gasteiger partial charge on any atom is 2.00 e. The molecule has 1 aliphatic carbocycles. The van der Waals surface area contributed by atoms with Crippen LogP contribution in [0.3, 0.4) is 0 Å². The van der Waals surface area contributed by atoms with Gasteiger partial charge in [0.05, 0.1) is 0 Å². The third-order valence-corrected chi connectivity index (χ3v) is 0.586. The SMILES string of the molecule is CC[O-].[C-]1=CC=CC1.[Mg+2]. The minimum Gasteiger partial charge on any atom is -0.855 e. The summed E-state index contributed by atoms with van der Waals surface area (Å²) in [5.41, 5.74) is 0. The molecule has 0 spiro atoms. The van der Waals surface area contributed by atoms with Gasteiger partial charge >= 0.3 is 23.1 Å². The topological polar surface area (TPSA) is 23.1 Å². The first kappa shape index (κ1) is 11.9. The molecule has 0 aromatic heterocycles. The van der Waals surface area contributed by atoms with E-state index in [0.29, 0.717) is 0 Å². The number of hydrogen-bond acceptors (Lipinski definition) is 1. The van der Waals surface area contributed by atoms with Crippen LogP contribution in [0.15, 0.2) is 18.2 Å². The Hall–Kier alpha value is 0.206. The molecule has 0 N–H and O–H groups in total. The molecular weight excluding hydrogens is 124 g/mol. The molecule has 0 unspecified atom stereocenters. The molecule has 0 saturated heterocycles. The van der Waals surface area contributed by atoms with Gasteiger partial charge in [-0.15, -0.1) is 13.0 Å². The van der Waals surface area contributed by atoms with Crippen LogP contribution in [0.4, 0.5) is 0 Å². The summed E-state index contributed by atoms with van der Waals surface area (Å²) in [4.78, 5) is 0. The molecule has 0 aromatic carbocycles. The summed E-state index contributed by atoms with van der Waals surface area (Å²) in [6, 6.07) is 0. The quantitative estimate of drug-likeness (QED) is 0.345. The first-order chi connectivity index (χ1) is 3.91. The van der Waals surface area contributed by atoms with E-state index in [1.54, 1.807) is 6.92 Å². The summed E-state index contributed by atoms with van der Waals surface area (Å²) in [7, 11) is 0. The predicted molar refractivity (Wildman–Crippen MR) is 37.9 cm³/mol. The molecule has 1 aliphatic rings. The van der Waals surface area contributed by atoms with E-state index >= 15 is 0 Å². The van der Waals surface area contributed by atoms with E-state index in [1.165, 1.54) is 0 Å². The van der Waals surface area contributed by atoms with Crippen molar-refractivity contribution >= 4 is 23.1 Å². The normalized spacial score (nSPS) is 11.8. The van der Waals surface area contributed by atoms with Gasteiger partial charge in [0, 0.05) is 0 Å². The van der Waals surface area contributed by atoms with Crippen LogP contribution in [-0.4, -0.2) is 29.7 Å². The van der Waals surface area contributed by atoms with Crippen LogP contribution in [0.1, 0.15) is 13.3 Å². The standard InChI is InChI=1S/C5H5.C2H5O.Mg/c1-2-4-5-3-1;1-2-3;/h1-3H,4H2;2H2,1H3;/q2*-1;+2. The van der Waals surface area contributed by atoms with E-state index in [2.05, 4.69) is 12.2 Å². The molecule has 2 heteroatoms. The van der Waals surface area contributed by atoms with Crippen LogP contribution in [-0.2, 0) is 0 Å². The van der Waals surface area contributed by atoms with E-state index in [-0.39, 0.29) is 29.7 Å². The van der Waals surface area contributed by atoms with E-state index in [4.69, 9.17) is 5.11 Å². The average molecular weight is 134 g/mol. The monoisotopic (exact) mass is 134 g/mol.